The second-order valence-electron chi connectivity index (χ2n) is 5.57. The fourth-order valence-corrected chi connectivity index (χ4v) is 2.74. The number of para-hydroxylation sites is 1. The largest absolute Gasteiger partial charge is 0.496 e. The van der Waals surface area contributed by atoms with Crippen molar-refractivity contribution >= 4 is 16.8 Å². The molecule has 0 atom stereocenters. The van der Waals surface area contributed by atoms with Gasteiger partial charge >= 0.3 is 0 Å². The zero-order valence-corrected chi connectivity index (χ0v) is 13.3. The summed E-state index contributed by atoms with van der Waals surface area (Å²) in [5.41, 5.74) is 3.91. The number of fused-ring (bicyclic) bond motifs is 1. The van der Waals surface area contributed by atoms with Gasteiger partial charge in [0.15, 0.2) is 0 Å². The fourth-order valence-electron chi connectivity index (χ4n) is 2.74. The van der Waals surface area contributed by atoms with Gasteiger partial charge < -0.3 is 15.0 Å². The number of hydrogen-bond acceptors (Lipinski definition) is 2. The summed E-state index contributed by atoms with van der Waals surface area (Å²) in [5, 5.41) is 4.02. The van der Waals surface area contributed by atoms with E-state index in [2.05, 4.69) is 10.3 Å². The molecule has 0 aliphatic carbocycles. The van der Waals surface area contributed by atoms with Crippen molar-refractivity contribution in [2.75, 3.05) is 13.7 Å². The minimum absolute atomic E-state index is 0.0550. The molecule has 0 radical (unpaired) electrons. The average molecular weight is 308 g/mol. The van der Waals surface area contributed by atoms with Crippen LogP contribution in [0.3, 0.4) is 0 Å². The molecule has 1 amide bonds. The number of rotatable bonds is 5. The zero-order chi connectivity index (χ0) is 16.2. The number of ether oxygens (including phenoxy) is 1. The summed E-state index contributed by atoms with van der Waals surface area (Å²) in [4.78, 5) is 15.5. The molecule has 4 nitrogen and oxygen atoms in total. The van der Waals surface area contributed by atoms with Gasteiger partial charge in [0, 0.05) is 28.7 Å². The minimum Gasteiger partial charge on any atom is -0.496 e. The van der Waals surface area contributed by atoms with Crippen LogP contribution in [0.15, 0.2) is 48.5 Å². The number of hydrogen-bond donors (Lipinski definition) is 2. The SMILES string of the molecule is COc1ccccc1CCNC(=O)c1ccc2[nH]c(C)cc2c1. The van der Waals surface area contributed by atoms with E-state index in [1.807, 2.05) is 55.5 Å². The lowest BCUT2D eigenvalue weighted by Crippen LogP contribution is -2.25. The number of aromatic nitrogens is 1. The van der Waals surface area contributed by atoms with E-state index in [4.69, 9.17) is 4.74 Å². The first-order valence-corrected chi connectivity index (χ1v) is 7.67. The van der Waals surface area contributed by atoms with Crippen molar-refractivity contribution in [2.24, 2.45) is 0 Å². The van der Waals surface area contributed by atoms with Gasteiger partial charge in [0.05, 0.1) is 7.11 Å². The van der Waals surface area contributed by atoms with E-state index in [9.17, 15) is 4.79 Å². The molecule has 0 bridgehead atoms. The molecular formula is C19H20N2O2. The van der Waals surface area contributed by atoms with Crippen molar-refractivity contribution in [3.05, 3.63) is 65.4 Å². The number of methoxy groups -OCH3 is 1. The number of H-pyrrole nitrogens is 1. The Morgan fingerprint density at radius 3 is 2.83 bits per heavy atom. The first-order valence-electron chi connectivity index (χ1n) is 7.67. The third kappa shape index (κ3) is 3.37. The summed E-state index contributed by atoms with van der Waals surface area (Å²) in [6.45, 7) is 2.58. The lowest BCUT2D eigenvalue weighted by Gasteiger charge is -2.09. The van der Waals surface area contributed by atoms with E-state index < -0.39 is 0 Å². The lowest BCUT2D eigenvalue weighted by molar-refractivity contribution is 0.0954. The first-order chi connectivity index (χ1) is 11.2. The molecule has 4 heteroatoms. The van der Waals surface area contributed by atoms with Gasteiger partial charge in [-0.25, -0.2) is 0 Å². The molecule has 118 valence electrons. The van der Waals surface area contributed by atoms with Gasteiger partial charge in [0.25, 0.3) is 5.91 Å². The molecule has 3 rings (SSSR count). The van der Waals surface area contributed by atoms with Crippen molar-refractivity contribution in [2.45, 2.75) is 13.3 Å². The molecule has 0 aliphatic rings. The third-order valence-corrected chi connectivity index (χ3v) is 3.89. The van der Waals surface area contributed by atoms with Gasteiger partial charge in [0.2, 0.25) is 0 Å². The van der Waals surface area contributed by atoms with E-state index in [1.165, 1.54) is 0 Å². The molecule has 0 unspecified atom stereocenters. The summed E-state index contributed by atoms with van der Waals surface area (Å²) in [6, 6.07) is 15.6. The number of nitrogens with one attached hydrogen (secondary N) is 2. The molecule has 0 saturated heterocycles. The maximum absolute atomic E-state index is 12.3. The minimum atomic E-state index is -0.0550. The van der Waals surface area contributed by atoms with Crippen LogP contribution in [0.4, 0.5) is 0 Å². The van der Waals surface area contributed by atoms with E-state index >= 15 is 0 Å². The van der Waals surface area contributed by atoms with E-state index in [-0.39, 0.29) is 5.91 Å². The van der Waals surface area contributed by atoms with E-state index in [1.54, 1.807) is 7.11 Å². The zero-order valence-electron chi connectivity index (χ0n) is 13.3. The van der Waals surface area contributed by atoms with Crippen LogP contribution in [-0.4, -0.2) is 24.5 Å². The summed E-state index contributed by atoms with van der Waals surface area (Å²) >= 11 is 0. The van der Waals surface area contributed by atoms with Gasteiger partial charge in [-0.15, -0.1) is 0 Å². The second-order valence-corrected chi connectivity index (χ2v) is 5.57. The third-order valence-electron chi connectivity index (χ3n) is 3.89. The standard InChI is InChI=1S/C19H20N2O2/c1-13-11-16-12-15(7-8-17(16)21-13)19(22)20-10-9-14-5-3-4-6-18(14)23-2/h3-8,11-12,21H,9-10H2,1-2H3,(H,20,22). The summed E-state index contributed by atoms with van der Waals surface area (Å²) in [6.07, 6.45) is 0.737. The van der Waals surface area contributed by atoms with Crippen LogP contribution in [0.5, 0.6) is 5.75 Å². The Morgan fingerprint density at radius 2 is 2.00 bits per heavy atom. The molecule has 1 aromatic heterocycles. The predicted molar refractivity (Wildman–Crippen MR) is 92.1 cm³/mol. The first kappa shape index (κ1) is 15.2. The highest BCUT2D eigenvalue weighted by atomic mass is 16.5. The molecule has 1 heterocycles. The van der Waals surface area contributed by atoms with Gasteiger partial charge in [0.1, 0.15) is 5.75 Å². The highest BCUT2D eigenvalue weighted by Gasteiger charge is 2.08. The second kappa shape index (κ2) is 6.57. The number of benzene rings is 2. The lowest BCUT2D eigenvalue weighted by atomic mass is 10.1. The summed E-state index contributed by atoms with van der Waals surface area (Å²) in [7, 11) is 1.66. The maximum atomic E-state index is 12.3. The van der Waals surface area contributed by atoms with Crippen LogP contribution < -0.4 is 10.1 Å². The van der Waals surface area contributed by atoms with Crippen LogP contribution >= 0.6 is 0 Å². The monoisotopic (exact) mass is 308 g/mol. The van der Waals surface area contributed by atoms with E-state index in [0.29, 0.717) is 12.1 Å². The molecule has 0 spiro atoms. The molecule has 0 aliphatic heterocycles. The van der Waals surface area contributed by atoms with Crippen LogP contribution in [0.25, 0.3) is 10.9 Å². The van der Waals surface area contributed by atoms with Crippen molar-refractivity contribution in [1.29, 1.82) is 0 Å². The van der Waals surface area contributed by atoms with Crippen LogP contribution in [0.1, 0.15) is 21.6 Å². The molecule has 0 saturated carbocycles. The molecule has 2 aromatic carbocycles. The van der Waals surface area contributed by atoms with Crippen LogP contribution in [-0.2, 0) is 6.42 Å². The average Bonchev–Trinajstić information content (AvgIpc) is 2.94. The topological polar surface area (TPSA) is 54.1 Å². The highest BCUT2D eigenvalue weighted by Crippen LogP contribution is 2.18. The molecular weight excluding hydrogens is 288 g/mol. The van der Waals surface area contributed by atoms with Crippen molar-refractivity contribution in [3.63, 3.8) is 0 Å². The quantitative estimate of drug-likeness (QED) is 0.758. The maximum Gasteiger partial charge on any atom is 0.251 e. The van der Waals surface area contributed by atoms with E-state index in [0.717, 1.165) is 34.3 Å². The Kier molecular flexibility index (Phi) is 4.33. The van der Waals surface area contributed by atoms with Crippen LogP contribution in [0.2, 0.25) is 0 Å². The number of aryl methyl sites for hydroxylation is 1. The Hall–Kier alpha value is -2.75. The van der Waals surface area contributed by atoms with Crippen molar-refractivity contribution in [3.8, 4) is 5.75 Å². The van der Waals surface area contributed by atoms with Crippen molar-refractivity contribution in [1.82, 2.24) is 10.3 Å². The van der Waals surface area contributed by atoms with Gasteiger partial charge in [-0.1, -0.05) is 18.2 Å². The smallest absolute Gasteiger partial charge is 0.251 e. The fraction of sp³-hybridized carbons (Fsp3) is 0.211. The number of carbonyl (C=O) groups is 1. The molecule has 2 N–H and O–H groups in total. The molecule has 23 heavy (non-hydrogen) atoms. The predicted octanol–water partition coefficient (Wildman–Crippen LogP) is 3.46. The van der Waals surface area contributed by atoms with Gasteiger partial charge in [-0.05, 0) is 49.2 Å². The number of carbonyl (C=O) groups excluding carboxylic acids is 1. The van der Waals surface area contributed by atoms with Gasteiger partial charge in [-0.3, -0.25) is 4.79 Å². The Balaban J connectivity index is 1.64. The normalized spacial score (nSPS) is 10.7. The number of amides is 1. The molecule has 0 fully saturated rings. The molecule has 3 aromatic rings. The highest BCUT2D eigenvalue weighted by molar-refractivity contribution is 5.98. The Labute approximate surface area is 135 Å². The Bertz CT molecular complexity index is 836. The van der Waals surface area contributed by atoms with Gasteiger partial charge in [-0.2, -0.15) is 0 Å². The summed E-state index contributed by atoms with van der Waals surface area (Å²) < 4.78 is 5.32. The number of aromatic amines is 1. The summed E-state index contributed by atoms with van der Waals surface area (Å²) in [5.74, 6) is 0.798. The Morgan fingerprint density at radius 1 is 1.17 bits per heavy atom. The van der Waals surface area contributed by atoms with Crippen LogP contribution in [0, 0.1) is 6.92 Å². The van der Waals surface area contributed by atoms with Crippen molar-refractivity contribution < 1.29 is 9.53 Å².